The Hall–Kier alpha value is -3.68. The third kappa shape index (κ3) is 4.64. The van der Waals surface area contributed by atoms with Crippen molar-refractivity contribution in [3.8, 4) is 11.5 Å². The Morgan fingerprint density at radius 1 is 1.16 bits per heavy atom. The van der Waals surface area contributed by atoms with Crippen LogP contribution in [0.4, 0.5) is 16.7 Å². The predicted molar refractivity (Wildman–Crippen MR) is 122 cm³/mol. The van der Waals surface area contributed by atoms with E-state index in [0.29, 0.717) is 24.3 Å². The lowest BCUT2D eigenvalue weighted by Crippen LogP contribution is -2.34. The standard InChI is InChI=1S/C24H27N5O3/c1-5-19-14-31-24(30)29(19)23-27-17(4)26-22(28-23)25-16(3)18-11-12-21(15(2)13-18)32-20-9-7-6-8-10-20/h6-13,16,19H,5,14H2,1-4H3,(H,25,26,27,28)/t16-,19?/m0/s1. The zero-order valence-electron chi connectivity index (χ0n) is 18.7. The molecule has 1 amide bonds. The monoisotopic (exact) mass is 433 g/mol. The summed E-state index contributed by atoms with van der Waals surface area (Å²) in [5, 5.41) is 3.33. The van der Waals surface area contributed by atoms with E-state index in [1.807, 2.05) is 63.2 Å². The number of hydrogen-bond acceptors (Lipinski definition) is 7. The van der Waals surface area contributed by atoms with Crippen LogP contribution >= 0.6 is 0 Å². The number of amides is 1. The molecule has 1 saturated heterocycles. The summed E-state index contributed by atoms with van der Waals surface area (Å²) in [6.07, 6.45) is 0.331. The lowest BCUT2D eigenvalue weighted by molar-refractivity contribution is 0.178. The van der Waals surface area contributed by atoms with Gasteiger partial charge in [0.2, 0.25) is 11.9 Å². The van der Waals surface area contributed by atoms with Gasteiger partial charge in [-0.3, -0.25) is 0 Å². The SMILES string of the molecule is CCC1COC(=O)N1c1nc(C)nc(N[C@@H](C)c2ccc(Oc3ccccc3)c(C)c2)n1. The molecule has 1 N–H and O–H groups in total. The van der Waals surface area contributed by atoms with Gasteiger partial charge in [-0.1, -0.05) is 37.3 Å². The number of rotatable bonds is 7. The number of carbonyl (C=O) groups excluding carboxylic acids is 1. The van der Waals surface area contributed by atoms with Crippen LogP contribution in [0.3, 0.4) is 0 Å². The average Bonchev–Trinajstić information content (AvgIpc) is 3.16. The first kappa shape index (κ1) is 21.5. The maximum absolute atomic E-state index is 12.2. The van der Waals surface area contributed by atoms with Gasteiger partial charge in [0.25, 0.3) is 0 Å². The third-order valence-corrected chi connectivity index (χ3v) is 5.40. The molecule has 8 nitrogen and oxygen atoms in total. The fourth-order valence-corrected chi connectivity index (χ4v) is 3.59. The Morgan fingerprint density at radius 3 is 2.66 bits per heavy atom. The van der Waals surface area contributed by atoms with Crippen molar-refractivity contribution in [2.24, 2.45) is 0 Å². The molecule has 1 unspecified atom stereocenters. The summed E-state index contributed by atoms with van der Waals surface area (Å²) in [5.74, 6) is 2.86. The molecule has 0 bridgehead atoms. The van der Waals surface area contributed by atoms with Crippen LogP contribution < -0.4 is 15.0 Å². The smallest absolute Gasteiger partial charge is 0.417 e. The van der Waals surface area contributed by atoms with E-state index < -0.39 is 6.09 Å². The molecule has 4 rings (SSSR count). The summed E-state index contributed by atoms with van der Waals surface area (Å²) >= 11 is 0. The molecule has 0 spiro atoms. The summed E-state index contributed by atoms with van der Waals surface area (Å²) in [4.78, 5) is 26.9. The molecule has 1 aliphatic heterocycles. The molecular formula is C24H27N5O3. The Morgan fingerprint density at radius 2 is 1.94 bits per heavy atom. The molecule has 1 aliphatic rings. The number of nitrogens with one attached hydrogen (secondary N) is 1. The first-order chi connectivity index (χ1) is 15.4. The molecule has 8 heteroatoms. The highest BCUT2D eigenvalue weighted by Crippen LogP contribution is 2.29. The van der Waals surface area contributed by atoms with E-state index in [1.165, 1.54) is 4.90 Å². The molecule has 0 saturated carbocycles. The molecule has 0 radical (unpaired) electrons. The summed E-state index contributed by atoms with van der Waals surface area (Å²) < 4.78 is 11.2. The second kappa shape index (κ2) is 9.21. The van der Waals surface area contributed by atoms with E-state index in [2.05, 4.69) is 26.3 Å². The van der Waals surface area contributed by atoms with E-state index in [0.717, 1.165) is 29.0 Å². The zero-order valence-corrected chi connectivity index (χ0v) is 18.7. The lowest BCUT2D eigenvalue weighted by Gasteiger charge is -2.20. The number of carbonyl (C=O) groups is 1. The molecule has 2 heterocycles. The highest BCUT2D eigenvalue weighted by Gasteiger charge is 2.35. The van der Waals surface area contributed by atoms with E-state index in [4.69, 9.17) is 9.47 Å². The first-order valence-electron chi connectivity index (χ1n) is 10.7. The summed E-state index contributed by atoms with van der Waals surface area (Å²) in [7, 11) is 0. The number of benzene rings is 2. The van der Waals surface area contributed by atoms with Crippen LogP contribution in [0.25, 0.3) is 0 Å². The summed E-state index contributed by atoms with van der Waals surface area (Å²) in [5.41, 5.74) is 2.09. The first-order valence-corrected chi connectivity index (χ1v) is 10.7. The lowest BCUT2D eigenvalue weighted by atomic mass is 10.1. The van der Waals surface area contributed by atoms with Crippen molar-refractivity contribution in [1.82, 2.24) is 15.0 Å². The quantitative estimate of drug-likeness (QED) is 0.548. The van der Waals surface area contributed by atoms with Gasteiger partial charge in [-0.2, -0.15) is 15.0 Å². The molecule has 166 valence electrons. The van der Waals surface area contributed by atoms with Gasteiger partial charge >= 0.3 is 6.09 Å². The van der Waals surface area contributed by atoms with Gasteiger partial charge in [-0.15, -0.1) is 0 Å². The number of para-hydroxylation sites is 1. The topological polar surface area (TPSA) is 89.5 Å². The van der Waals surface area contributed by atoms with Crippen molar-refractivity contribution in [2.45, 2.75) is 46.2 Å². The largest absolute Gasteiger partial charge is 0.457 e. The summed E-state index contributed by atoms with van der Waals surface area (Å²) in [6.45, 7) is 8.18. The van der Waals surface area contributed by atoms with Crippen LogP contribution in [0, 0.1) is 13.8 Å². The normalized spacial score (nSPS) is 16.6. The number of hydrogen-bond donors (Lipinski definition) is 1. The maximum atomic E-state index is 12.2. The Bertz CT molecular complexity index is 1110. The van der Waals surface area contributed by atoms with Crippen molar-refractivity contribution in [3.05, 3.63) is 65.5 Å². The number of cyclic esters (lactones) is 1. The van der Waals surface area contributed by atoms with Gasteiger partial charge in [0.05, 0.1) is 12.1 Å². The van der Waals surface area contributed by atoms with Crippen LogP contribution in [0.2, 0.25) is 0 Å². The predicted octanol–water partition coefficient (Wildman–Crippen LogP) is 5.19. The van der Waals surface area contributed by atoms with Crippen molar-refractivity contribution < 1.29 is 14.3 Å². The highest BCUT2D eigenvalue weighted by molar-refractivity contribution is 5.88. The number of ether oxygens (including phenoxy) is 2. The molecule has 32 heavy (non-hydrogen) atoms. The molecule has 2 aromatic carbocycles. The van der Waals surface area contributed by atoms with Crippen LogP contribution in [0.5, 0.6) is 11.5 Å². The van der Waals surface area contributed by atoms with E-state index in [-0.39, 0.29) is 12.1 Å². The molecule has 1 fully saturated rings. The summed E-state index contributed by atoms with van der Waals surface area (Å²) in [6, 6.07) is 15.6. The van der Waals surface area contributed by atoms with E-state index >= 15 is 0 Å². The molecule has 3 aromatic rings. The van der Waals surface area contributed by atoms with Gasteiger partial charge < -0.3 is 14.8 Å². The van der Waals surface area contributed by atoms with Crippen LogP contribution in [0.1, 0.15) is 43.3 Å². The number of aromatic nitrogens is 3. The molecular weight excluding hydrogens is 406 g/mol. The zero-order chi connectivity index (χ0) is 22.7. The average molecular weight is 434 g/mol. The van der Waals surface area contributed by atoms with Crippen molar-refractivity contribution >= 4 is 18.0 Å². The second-order valence-electron chi connectivity index (χ2n) is 7.82. The minimum absolute atomic E-state index is 0.0679. The number of nitrogens with zero attached hydrogens (tertiary/aromatic N) is 4. The van der Waals surface area contributed by atoms with Crippen molar-refractivity contribution in [1.29, 1.82) is 0 Å². The van der Waals surface area contributed by atoms with Gasteiger partial charge in [0.1, 0.15) is 23.9 Å². The fourth-order valence-electron chi connectivity index (χ4n) is 3.59. The maximum Gasteiger partial charge on any atom is 0.417 e. The second-order valence-corrected chi connectivity index (χ2v) is 7.82. The van der Waals surface area contributed by atoms with Crippen LogP contribution in [-0.4, -0.2) is 33.7 Å². The number of anilines is 2. The van der Waals surface area contributed by atoms with Crippen LogP contribution in [-0.2, 0) is 4.74 Å². The Kier molecular flexibility index (Phi) is 6.20. The molecule has 1 aromatic heterocycles. The molecule has 2 atom stereocenters. The molecule has 0 aliphatic carbocycles. The Labute approximate surface area is 187 Å². The van der Waals surface area contributed by atoms with Crippen LogP contribution in [0.15, 0.2) is 48.5 Å². The van der Waals surface area contributed by atoms with Gasteiger partial charge in [-0.05, 0) is 56.5 Å². The van der Waals surface area contributed by atoms with Gasteiger partial charge in [0, 0.05) is 0 Å². The van der Waals surface area contributed by atoms with E-state index in [9.17, 15) is 4.79 Å². The minimum atomic E-state index is -0.425. The fraction of sp³-hybridized carbons (Fsp3) is 0.333. The Balaban J connectivity index is 1.51. The van der Waals surface area contributed by atoms with Gasteiger partial charge in [0.15, 0.2) is 0 Å². The van der Waals surface area contributed by atoms with Crippen molar-refractivity contribution in [2.75, 3.05) is 16.8 Å². The van der Waals surface area contributed by atoms with Gasteiger partial charge in [-0.25, -0.2) is 9.69 Å². The highest BCUT2D eigenvalue weighted by atomic mass is 16.6. The minimum Gasteiger partial charge on any atom is -0.457 e. The van der Waals surface area contributed by atoms with Crippen molar-refractivity contribution in [3.63, 3.8) is 0 Å². The van der Waals surface area contributed by atoms with E-state index in [1.54, 1.807) is 6.92 Å². The third-order valence-electron chi connectivity index (χ3n) is 5.40. The number of aryl methyl sites for hydroxylation is 2.